The van der Waals surface area contributed by atoms with Crippen LogP contribution < -0.4 is 15.8 Å². The number of hydrogen-bond acceptors (Lipinski definition) is 5. The number of carbonyl (C=O) groups is 1. The molecule has 0 aliphatic carbocycles. The highest BCUT2D eigenvalue weighted by Crippen LogP contribution is 2.20. The van der Waals surface area contributed by atoms with Gasteiger partial charge in [-0.3, -0.25) is 4.79 Å². The molecule has 1 heterocycles. The number of benzene rings is 1. The molecule has 0 aliphatic heterocycles. The molecule has 0 spiro atoms. The largest absolute Gasteiger partial charge is 0.439 e. The van der Waals surface area contributed by atoms with Crippen LogP contribution in [0.3, 0.4) is 0 Å². The Morgan fingerprint density at radius 2 is 2.09 bits per heavy atom. The first kappa shape index (κ1) is 17.2. The maximum Gasteiger partial charge on any atom is 0.241 e. The van der Waals surface area contributed by atoms with Gasteiger partial charge >= 0.3 is 0 Å². The molecule has 1 amide bonds. The molecule has 1 aromatic heterocycles. The third kappa shape index (κ3) is 5.54. The minimum absolute atomic E-state index is 0.243. The smallest absolute Gasteiger partial charge is 0.241 e. The van der Waals surface area contributed by atoms with Crippen LogP contribution in [0.1, 0.15) is 6.42 Å². The van der Waals surface area contributed by atoms with E-state index in [2.05, 4.69) is 10.3 Å². The molecule has 0 bridgehead atoms. The Labute approximate surface area is 138 Å². The van der Waals surface area contributed by atoms with E-state index in [9.17, 15) is 9.18 Å². The van der Waals surface area contributed by atoms with Crippen molar-refractivity contribution < 1.29 is 13.9 Å². The number of nitrogens with two attached hydrogens (primary N) is 1. The number of nitrogens with zero attached hydrogens (tertiary/aromatic N) is 1. The molecule has 0 radical (unpaired) electrons. The molecule has 0 aliphatic rings. The van der Waals surface area contributed by atoms with Crippen molar-refractivity contribution in [2.24, 2.45) is 5.73 Å². The first-order valence-corrected chi connectivity index (χ1v) is 8.42. The van der Waals surface area contributed by atoms with Gasteiger partial charge in [0.2, 0.25) is 11.8 Å². The fraction of sp³-hybridized carbons (Fsp3) is 0.250. The predicted octanol–water partition coefficient (Wildman–Crippen LogP) is 3.03. The average Bonchev–Trinajstić information content (AvgIpc) is 2.56. The fourth-order valence-corrected chi connectivity index (χ4v) is 2.24. The van der Waals surface area contributed by atoms with Crippen LogP contribution in [0, 0.1) is 5.82 Å². The molecule has 0 unspecified atom stereocenters. The van der Waals surface area contributed by atoms with E-state index in [1.807, 2.05) is 6.26 Å². The van der Waals surface area contributed by atoms with E-state index in [1.54, 1.807) is 23.9 Å². The van der Waals surface area contributed by atoms with Crippen LogP contribution in [0.25, 0.3) is 0 Å². The van der Waals surface area contributed by atoms with Gasteiger partial charge in [-0.05, 0) is 48.8 Å². The summed E-state index contributed by atoms with van der Waals surface area (Å²) in [7, 11) is 0. The number of carbonyl (C=O) groups excluding carboxylic acids is 1. The molecular formula is C16H18FN3O2S. The van der Waals surface area contributed by atoms with Crippen LogP contribution in [-0.4, -0.2) is 28.9 Å². The van der Waals surface area contributed by atoms with Crippen molar-refractivity contribution in [1.29, 1.82) is 0 Å². The molecule has 0 saturated heterocycles. The normalized spacial score (nSPS) is 11.8. The molecule has 0 saturated carbocycles. The van der Waals surface area contributed by atoms with Gasteiger partial charge in [0.15, 0.2) is 0 Å². The first-order valence-electron chi connectivity index (χ1n) is 7.03. The van der Waals surface area contributed by atoms with Crippen molar-refractivity contribution >= 4 is 23.4 Å². The Bertz CT molecular complexity index is 635. The molecule has 1 atom stereocenters. The Hall–Kier alpha value is -2.12. The van der Waals surface area contributed by atoms with Crippen LogP contribution in [-0.2, 0) is 4.79 Å². The zero-order valence-electron chi connectivity index (χ0n) is 12.7. The van der Waals surface area contributed by atoms with Gasteiger partial charge in [0.05, 0.1) is 17.9 Å². The zero-order chi connectivity index (χ0) is 16.7. The van der Waals surface area contributed by atoms with Gasteiger partial charge in [0, 0.05) is 6.07 Å². The molecule has 7 heteroatoms. The minimum atomic E-state index is -0.544. The van der Waals surface area contributed by atoms with Gasteiger partial charge in [0.25, 0.3) is 0 Å². The Kier molecular flexibility index (Phi) is 6.37. The number of hydrogen-bond donors (Lipinski definition) is 2. The van der Waals surface area contributed by atoms with E-state index in [0.717, 1.165) is 5.75 Å². The lowest BCUT2D eigenvalue weighted by Gasteiger charge is -2.11. The molecule has 1 aromatic carbocycles. The summed E-state index contributed by atoms with van der Waals surface area (Å²) >= 11 is 1.65. The summed E-state index contributed by atoms with van der Waals surface area (Å²) in [6.45, 7) is 0. The van der Waals surface area contributed by atoms with Crippen LogP contribution in [0.4, 0.5) is 10.1 Å². The molecule has 23 heavy (non-hydrogen) atoms. The fourth-order valence-electron chi connectivity index (χ4n) is 1.75. The third-order valence-corrected chi connectivity index (χ3v) is 3.65. The van der Waals surface area contributed by atoms with Crippen molar-refractivity contribution in [3.63, 3.8) is 0 Å². The van der Waals surface area contributed by atoms with E-state index < -0.39 is 6.04 Å². The summed E-state index contributed by atoms with van der Waals surface area (Å²) in [6.07, 6.45) is 4.07. The number of amides is 1. The topological polar surface area (TPSA) is 77.2 Å². The number of nitrogens with one attached hydrogen (secondary N) is 1. The van der Waals surface area contributed by atoms with Crippen LogP contribution in [0.2, 0.25) is 0 Å². The van der Waals surface area contributed by atoms with Gasteiger partial charge in [-0.15, -0.1) is 0 Å². The predicted molar refractivity (Wildman–Crippen MR) is 90.3 cm³/mol. The van der Waals surface area contributed by atoms with Crippen LogP contribution in [0.5, 0.6) is 11.6 Å². The highest BCUT2D eigenvalue weighted by Gasteiger charge is 2.13. The summed E-state index contributed by atoms with van der Waals surface area (Å²) < 4.78 is 18.3. The second-order valence-electron chi connectivity index (χ2n) is 4.82. The lowest BCUT2D eigenvalue weighted by atomic mass is 10.2. The molecular weight excluding hydrogens is 317 g/mol. The summed E-state index contributed by atoms with van der Waals surface area (Å²) in [4.78, 5) is 16.0. The Morgan fingerprint density at radius 1 is 1.35 bits per heavy atom. The second kappa shape index (κ2) is 8.50. The second-order valence-corrected chi connectivity index (χ2v) is 5.80. The van der Waals surface area contributed by atoms with E-state index in [0.29, 0.717) is 23.7 Å². The number of thioether (sulfide) groups is 1. The number of aromatic nitrogens is 1. The monoisotopic (exact) mass is 335 g/mol. The standard InChI is InChI=1S/C16H18FN3O2S/c1-23-9-8-14(18)16(21)20-12-4-7-15(19-10-12)22-13-5-2-11(17)3-6-13/h2-7,10,14H,8-9,18H2,1H3,(H,20,21)/t14-/m0/s1. The molecule has 3 N–H and O–H groups in total. The van der Waals surface area contributed by atoms with Gasteiger partial charge < -0.3 is 15.8 Å². The molecule has 2 rings (SSSR count). The van der Waals surface area contributed by atoms with Crippen molar-refractivity contribution in [1.82, 2.24) is 4.98 Å². The molecule has 5 nitrogen and oxygen atoms in total. The van der Waals surface area contributed by atoms with Gasteiger partial charge in [-0.1, -0.05) is 0 Å². The van der Waals surface area contributed by atoms with Gasteiger partial charge in [0.1, 0.15) is 11.6 Å². The summed E-state index contributed by atoms with van der Waals surface area (Å²) in [5.74, 6) is 1.09. The van der Waals surface area contributed by atoms with E-state index >= 15 is 0 Å². The quantitative estimate of drug-likeness (QED) is 0.813. The van der Waals surface area contributed by atoms with Crippen molar-refractivity contribution in [3.05, 3.63) is 48.4 Å². The number of anilines is 1. The van der Waals surface area contributed by atoms with Crippen molar-refractivity contribution in [2.45, 2.75) is 12.5 Å². The van der Waals surface area contributed by atoms with Crippen molar-refractivity contribution in [3.8, 4) is 11.6 Å². The summed E-state index contributed by atoms with van der Waals surface area (Å²) in [6, 6.07) is 8.38. The van der Waals surface area contributed by atoms with E-state index in [1.165, 1.54) is 30.5 Å². The lowest BCUT2D eigenvalue weighted by molar-refractivity contribution is -0.117. The van der Waals surface area contributed by atoms with E-state index in [-0.39, 0.29) is 11.7 Å². The van der Waals surface area contributed by atoms with Gasteiger partial charge in [-0.25, -0.2) is 9.37 Å². The maximum atomic E-state index is 12.8. The maximum absolute atomic E-state index is 12.8. The van der Waals surface area contributed by atoms with E-state index in [4.69, 9.17) is 10.5 Å². The zero-order valence-corrected chi connectivity index (χ0v) is 13.5. The van der Waals surface area contributed by atoms with Crippen LogP contribution >= 0.6 is 11.8 Å². The molecule has 0 fully saturated rings. The highest BCUT2D eigenvalue weighted by atomic mass is 32.2. The minimum Gasteiger partial charge on any atom is -0.439 e. The Morgan fingerprint density at radius 3 is 2.70 bits per heavy atom. The summed E-state index contributed by atoms with van der Waals surface area (Å²) in [5.41, 5.74) is 6.34. The molecule has 2 aromatic rings. The summed E-state index contributed by atoms with van der Waals surface area (Å²) in [5, 5.41) is 2.71. The third-order valence-electron chi connectivity index (χ3n) is 3.01. The lowest BCUT2D eigenvalue weighted by Crippen LogP contribution is -2.36. The highest BCUT2D eigenvalue weighted by molar-refractivity contribution is 7.98. The van der Waals surface area contributed by atoms with Gasteiger partial charge in [-0.2, -0.15) is 11.8 Å². The number of pyridine rings is 1. The number of rotatable bonds is 7. The Balaban J connectivity index is 1.91. The SMILES string of the molecule is CSCC[C@H](N)C(=O)Nc1ccc(Oc2ccc(F)cc2)nc1. The van der Waals surface area contributed by atoms with Crippen molar-refractivity contribution in [2.75, 3.05) is 17.3 Å². The first-order chi connectivity index (χ1) is 11.1. The van der Waals surface area contributed by atoms with Crippen LogP contribution in [0.15, 0.2) is 42.6 Å². The average molecular weight is 335 g/mol. The molecule has 122 valence electrons. The number of ether oxygens (including phenoxy) is 1. The number of halogens is 1.